The van der Waals surface area contributed by atoms with Gasteiger partial charge in [-0.05, 0) is 58.3 Å². The van der Waals surface area contributed by atoms with E-state index in [0.29, 0.717) is 12.0 Å². The van der Waals surface area contributed by atoms with Gasteiger partial charge in [0.2, 0.25) is 0 Å². The molecule has 20 heavy (non-hydrogen) atoms. The molecule has 0 radical (unpaired) electrons. The van der Waals surface area contributed by atoms with E-state index in [9.17, 15) is 0 Å². The van der Waals surface area contributed by atoms with Crippen LogP contribution in [0.2, 0.25) is 0 Å². The van der Waals surface area contributed by atoms with Crippen molar-refractivity contribution in [3.8, 4) is 0 Å². The molecule has 0 aromatic carbocycles. The van der Waals surface area contributed by atoms with E-state index < -0.39 is 0 Å². The Hall–Kier alpha value is -0.0800. The van der Waals surface area contributed by atoms with Gasteiger partial charge < -0.3 is 9.47 Å². The summed E-state index contributed by atoms with van der Waals surface area (Å²) in [6, 6.07) is 0. The van der Waals surface area contributed by atoms with Gasteiger partial charge in [0.15, 0.2) is 0 Å². The maximum absolute atomic E-state index is 6.36. The predicted octanol–water partition coefficient (Wildman–Crippen LogP) is 4.96. The molecule has 0 aromatic rings. The Morgan fingerprint density at radius 1 is 1.35 bits per heavy atom. The summed E-state index contributed by atoms with van der Waals surface area (Å²) < 4.78 is 12.2. The average Bonchev–Trinajstić information content (AvgIpc) is 3.09. The van der Waals surface area contributed by atoms with Crippen molar-refractivity contribution in [1.82, 2.24) is 0 Å². The first-order valence-corrected chi connectivity index (χ1v) is 8.73. The number of hydrogen-bond acceptors (Lipinski definition) is 2. The summed E-state index contributed by atoms with van der Waals surface area (Å²) in [5.41, 5.74) is 0.229. The molecular formula is C18H34O2. The summed E-state index contributed by atoms with van der Waals surface area (Å²) in [7, 11) is 0. The molecule has 2 aliphatic rings. The lowest BCUT2D eigenvalue weighted by atomic mass is 9.75. The third-order valence-corrected chi connectivity index (χ3v) is 5.74. The molecule has 4 unspecified atom stereocenters. The van der Waals surface area contributed by atoms with Crippen molar-refractivity contribution in [2.75, 3.05) is 6.61 Å². The Bertz CT molecular complexity index is 313. The van der Waals surface area contributed by atoms with Crippen molar-refractivity contribution in [2.45, 2.75) is 96.9 Å². The number of ether oxygens (including phenoxy) is 2. The first-order chi connectivity index (χ1) is 9.41. The van der Waals surface area contributed by atoms with Crippen LogP contribution in [-0.4, -0.2) is 23.9 Å². The zero-order chi connectivity index (χ0) is 14.8. The van der Waals surface area contributed by atoms with Gasteiger partial charge in [0.25, 0.3) is 0 Å². The molecule has 1 saturated carbocycles. The molecule has 1 aliphatic heterocycles. The predicted molar refractivity (Wildman–Crippen MR) is 84.0 cm³/mol. The standard InChI is InChI=1S/C18H34O2/c1-6-8-9-14(7-2)13-19-17(3,4)15-10-11-18(5)16(12-15)20-18/h14-16H,6-13H2,1-5H3. The molecule has 118 valence electrons. The Morgan fingerprint density at radius 2 is 2.10 bits per heavy atom. The highest BCUT2D eigenvalue weighted by Crippen LogP contribution is 2.51. The van der Waals surface area contributed by atoms with Gasteiger partial charge in [-0.1, -0.05) is 33.1 Å². The maximum atomic E-state index is 6.36. The largest absolute Gasteiger partial charge is 0.375 e. The molecule has 2 nitrogen and oxygen atoms in total. The summed E-state index contributed by atoms with van der Waals surface area (Å²) in [5.74, 6) is 1.40. The highest BCUT2D eigenvalue weighted by molar-refractivity contribution is 5.05. The Kier molecular flexibility index (Phi) is 5.18. The number of epoxide rings is 1. The van der Waals surface area contributed by atoms with Crippen molar-refractivity contribution >= 4 is 0 Å². The smallest absolute Gasteiger partial charge is 0.0920 e. The summed E-state index contributed by atoms with van der Waals surface area (Å²) >= 11 is 0. The normalized spacial score (nSPS) is 34.6. The van der Waals surface area contributed by atoms with Gasteiger partial charge in [-0.3, -0.25) is 0 Å². The topological polar surface area (TPSA) is 21.8 Å². The van der Waals surface area contributed by atoms with E-state index in [2.05, 4.69) is 34.6 Å². The van der Waals surface area contributed by atoms with Crippen LogP contribution in [0.5, 0.6) is 0 Å². The number of rotatable bonds is 8. The second kappa shape index (κ2) is 6.36. The second-order valence-electron chi connectivity index (χ2n) is 7.72. The van der Waals surface area contributed by atoms with Crippen molar-refractivity contribution in [3.63, 3.8) is 0 Å². The molecule has 2 fully saturated rings. The fraction of sp³-hybridized carbons (Fsp3) is 1.00. The van der Waals surface area contributed by atoms with Gasteiger partial charge >= 0.3 is 0 Å². The number of unbranched alkanes of at least 4 members (excludes halogenated alkanes) is 1. The van der Waals surface area contributed by atoms with Gasteiger partial charge in [-0.2, -0.15) is 0 Å². The summed E-state index contributed by atoms with van der Waals surface area (Å²) in [4.78, 5) is 0. The van der Waals surface area contributed by atoms with E-state index in [-0.39, 0.29) is 11.2 Å². The minimum atomic E-state index is 0.00686. The highest BCUT2D eigenvalue weighted by Gasteiger charge is 2.57. The van der Waals surface area contributed by atoms with Crippen LogP contribution in [0.4, 0.5) is 0 Å². The van der Waals surface area contributed by atoms with Crippen LogP contribution in [-0.2, 0) is 9.47 Å². The van der Waals surface area contributed by atoms with E-state index >= 15 is 0 Å². The van der Waals surface area contributed by atoms with Gasteiger partial charge in [-0.15, -0.1) is 0 Å². The monoisotopic (exact) mass is 282 g/mol. The lowest BCUT2D eigenvalue weighted by molar-refractivity contribution is -0.0835. The molecule has 1 aliphatic carbocycles. The number of fused-ring (bicyclic) bond motifs is 1. The van der Waals surface area contributed by atoms with Crippen molar-refractivity contribution in [1.29, 1.82) is 0 Å². The van der Waals surface area contributed by atoms with Gasteiger partial charge in [0, 0.05) is 0 Å². The van der Waals surface area contributed by atoms with Crippen LogP contribution in [0, 0.1) is 11.8 Å². The minimum absolute atomic E-state index is 0.00686. The van der Waals surface area contributed by atoms with Gasteiger partial charge in [-0.25, -0.2) is 0 Å². The molecule has 2 rings (SSSR count). The molecule has 1 heterocycles. The number of hydrogen-bond donors (Lipinski definition) is 0. The molecule has 0 N–H and O–H groups in total. The molecule has 2 heteroatoms. The first kappa shape index (κ1) is 16.3. The first-order valence-electron chi connectivity index (χ1n) is 8.73. The molecule has 0 aromatic heterocycles. The quantitative estimate of drug-likeness (QED) is 0.587. The fourth-order valence-electron chi connectivity index (χ4n) is 3.63. The fourth-order valence-corrected chi connectivity index (χ4v) is 3.63. The Morgan fingerprint density at radius 3 is 2.70 bits per heavy atom. The van der Waals surface area contributed by atoms with E-state index in [0.717, 1.165) is 12.5 Å². The third-order valence-electron chi connectivity index (χ3n) is 5.74. The van der Waals surface area contributed by atoms with Crippen LogP contribution < -0.4 is 0 Å². The van der Waals surface area contributed by atoms with Crippen LogP contribution in [0.3, 0.4) is 0 Å². The maximum Gasteiger partial charge on any atom is 0.0920 e. The molecule has 0 amide bonds. The molecule has 1 saturated heterocycles. The van der Waals surface area contributed by atoms with Crippen molar-refractivity contribution < 1.29 is 9.47 Å². The second-order valence-corrected chi connectivity index (χ2v) is 7.72. The molecule has 4 atom stereocenters. The van der Waals surface area contributed by atoms with Crippen LogP contribution in [0.1, 0.15) is 79.6 Å². The van der Waals surface area contributed by atoms with Crippen LogP contribution in [0.15, 0.2) is 0 Å². The minimum Gasteiger partial charge on any atom is -0.375 e. The van der Waals surface area contributed by atoms with Crippen LogP contribution in [0.25, 0.3) is 0 Å². The zero-order valence-electron chi connectivity index (χ0n) is 14.2. The third kappa shape index (κ3) is 3.76. The molecular weight excluding hydrogens is 248 g/mol. The summed E-state index contributed by atoms with van der Waals surface area (Å²) in [6.45, 7) is 12.3. The van der Waals surface area contributed by atoms with E-state index in [1.54, 1.807) is 0 Å². The van der Waals surface area contributed by atoms with Gasteiger partial charge in [0.05, 0.1) is 23.9 Å². The van der Waals surface area contributed by atoms with Gasteiger partial charge in [0.1, 0.15) is 0 Å². The Balaban J connectivity index is 1.78. The summed E-state index contributed by atoms with van der Waals surface area (Å²) in [6.07, 6.45) is 9.34. The zero-order valence-corrected chi connectivity index (χ0v) is 14.2. The van der Waals surface area contributed by atoms with Crippen LogP contribution >= 0.6 is 0 Å². The van der Waals surface area contributed by atoms with Crippen molar-refractivity contribution in [2.24, 2.45) is 11.8 Å². The highest BCUT2D eigenvalue weighted by atomic mass is 16.6. The Labute approximate surface area is 125 Å². The molecule has 0 spiro atoms. The molecule has 0 bridgehead atoms. The van der Waals surface area contributed by atoms with Crippen molar-refractivity contribution in [3.05, 3.63) is 0 Å². The summed E-state index contributed by atoms with van der Waals surface area (Å²) in [5, 5.41) is 0. The van der Waals surface area contributed by atoms with E-state index in [4.69, 9.17) is 9.47 Å². The van der Waals surface area contributed by atoms with E-state index in [1.165, 1.54) is 44.9 Å². The lowest BCUT2D eigenvalue weighted by Gasteiger charge is -2.38. The lowest BCUT2D eigenvalue weighted by Crippen LogP contribution is -2.40. The van der Waals surface area contributed by atoms with E-state index in [1.807, 2.05) is 0 Å². The average molecular weight is 282 g/mol. The SMILES string of the molecule is CCCCC(CC)COC(C)(C)C1CCC2(C)OC2C1.